The van der Waals surface area contributed by atoms with Crippen LogP contribution in [-0.2, 0) is 22.5 Å². The van der Waals surface area contributed by atoms with E-state index in [9.17, 15) is 19.9 Å². The van der Waals surface area contributed by atoms with E-state index in [4.69, 9.17) is 37.4 Å². The highest BCUT2D eigenvalue weighted by Crippen LogP contribution is 2.41. The highest BCUT2D eigenvalue weighted by atomic mass is 35.5. The van der Waals surface area contributed by atoms with E-state index in [1.165, 1.54) is 26.6 Å². The van der Waals surface area contributed by atoms with Crippen LogP contribution in [0, 0.1) is 5.21 Å². The van der Waals surface area contributed by atoms with Crippen LogP contribution < -0.4 is 19.5 Å². The van der Waals surface area contributed by atoms with Gasteiger partial charge in [0.15, 0.2) is 23.9 Å². The van der Waals surface area contributed by atoms with Crippen molar-refractivity contribution in [2.24, 2.45) is 0 Å². The number of nitrogens with one attached hydrogen (secondary N) is 1. The van der Waals surface area contributed by atoms with Gasteiger partial charge in [0.2, 0.25) is 0 Å². The number of rotatable bonds is 14. The molecule has 2 N–H and O–H groups in total. The van der Waals surface area contributed by atoms with Crippen molar-refractivity contribution in [1.82, 2.24) is 10.2 Å². The fourth-order valence-electron chi connectivity index (χ4n) is 5.98. The van der Waals surface area contributed by atoms with Gasteiger partial charge in [-0.25, -0.2) is 4.79 Å². The Balaban J connectivity index is 1.44. The van der Waals surface area contributed by atoms with E-state index in [0.29, 0.717) is 47.0 Å². The minimum absolute atomic E-state index is 0.148. The van der Waals surface area contributed by atoms with Gasteiger partial charge in [-0.05, 0) is 54.8 Å². The Morgan fingerprint density at radius 3 is 2.40 bits per heavy atom. The Hall–Kier alpha value is -3.87. The number of methoxy groups -OCH3 is 2. The number of ether oxygens (including phenoxy) is 3. The molecule has 1 saturated heterocycles. The number of carbonyl (C=O) groups is 2. The smallest absolute Gasteiger partial charge is 0.346 e. The zero-order valence-electron chi connectivity index (χ0n) is 26.8. The molecule has 0 amide bonds. The van der Waals surface area contributed by atoms with Crippen molar-refractivity contribution in [3.8, 4) is 11.5 Å². The lowest BCUT2D eigenvalue weighted by atomic mass is 9.85. The van der Waals surface area contributed by atoms with Gasteiger partial charge in [-0.3, -0.25) is 4.79 Å². The van der Waals surface area contributed by atoms with Gasteiger partial charge < -0.3 is 34.7 Å². The molecule has 48 heavy (non-hydrogen) atoms. The average molecular weight is 715 g/mol. The molecule has 10 nitrogen and oxygen atoms in total. The number of carboxylic acids is 1. The standard InChI is InChI=1S/C35H37Cl2N3O7S/c1-39-12-11-23(18-39)47-35(43)28(21-7-5-4-6-8-21)17-38-16-24-14-26(33(48-24)34(41)42)25(15-27-29(36)19-40(44)20-30(27)37)22-9-10-31(45-2)32(13-22)46-3/h4-10,13-14,19-20,23,25,28,38H,11-12,15-18H2,1-3H3,(H,41,42)/t23-,25+,28?/m1/s1. The molecule has 3 atom stereocenters. The Kier molecular flexibility index (Phi) is 11.8. The molecule has 0 saturated carbocycles. The molecule has 2 aromatic heterocycles. The van der Waals surface area contributed by atoms with E-state index in [1.54, 1.807) is 12.1 Å². The van der Waals surface area contributed by atoms with E-state index in [2.05, 4.69) is 10.2 Å². The predicted octanol–water partition coefficient (Wildman–Crippen LogP) is 5.90. The molecular weight excluding hydrogens is 677 g/mol. The molecule has 4 aromatic rings. The Morgan fingerprint density at radius 1 is 1.06 bits per heavy atom. The predicted molar refractivity (Wildman–Crippen MR) is 185 cm³/mol. The van der Waals surface area contributed by atoms with Gasteiger partial charge in [-0.1, -0.05) is 59.6 Å². The molecule has 5 rings (SSSR count). The van der Waals surface area contributed by atoms with Crippen LogP contribution in [0.25, 0.3) is 0 Å². The summed E-state index contributed by atoms with van der Waals surface area (Å²) in [6.45, 7) is 2.19. The first-order valence-corrected chi connectivity index (χ1v) is 16.9. The molecule has 0 bridgehead atoms. The summed E-state index contributed by atoms with van der Waals surface area (Å²) < 4.78 is 17.4. The highest BCUT2D eigenvalue weighted by Gasteiger charge is 2.30. The molecule has 0 aliphatic carbocycles. The fourth-order valence-corrected chi connectivity index (χ4v) is 7.61. The van der Waals surface area contributed by atoms with Gasteiger partial charge >= 0.3 is 11.9 Å². The number of thiophene rings is 1. The van der Waals surface area contributed by atoms with Crippen LogP contribution in [-0.4, -0.2) is 69.0 Å². The molecule has 254 valence electrons. The minimum atomic E-state index is -1.08. The molecule has 1 aliphatic heterocycles. The number of aromatic nitrogens is 1. The van der Waals surface area contributed by atoms with Crippen molar-refractivity contribution in [2.45, 2.75) is 37.3 Å². The molecule has 13 heteroatoms. The fraction of sp³-hybridized carbons (Fsp3) is 0.343. The molecular formula is C35H37Cl2N3O7S. The van der Waals surface area contributed by atoms with E-state index >= 15 is 0 Å². The third-order valence-electron chi connectivity index (χ3n) is 8.42. The quantitative estimate of drug-likeness (QED) is 0.0934. The number of hydrogen-bond donors (Lipinski definition) is 2. The first-order valence-electron chi connectivity index (χ1n) is 15.4. The van der Waals surface area contributed by atoms with Gasteiger partial charge in [0.05, 0.1) is 20.1 Å². The molecule has 2 aromatic carbocycles. The number of likely N-dealkylation sites (N-methyl/N-ethyl adjacent to an activating group) is 1. The second-order valence-corrected chi connectivity index (χ2v) is 13.6. The van der Waals surface area contributed by atoms with Crippen molar-refractivity contribution >= 4 is 46.5 Å². The van der Waals surface area contributed by atoms with Crippen molar-refractivity contribution in [2.75, 3.05) is 40.9 Å². The number of carboxylic acid groups (broad SMARTS) is 1. The molecule has 1 fully saturated rings. The van der Waals surface area contributed by atoms with E-state index in [1.807, 2.05) is 49.5 Å². The van der Waals surface area contributed by atoms with Crippen molar-refractivity contribution in [1.29, 1.82) is 0 Å². The monoisotopic (exact) mass is 713 g/mol. The molecule has 3 heterocycles. The second-order valence-electron chi connectivity index (χ2n) is 11.7. The first kappa shape index (κ1) is 35.4. The van der Waals surface area contributed by atoms with E-state index < -0.39 is 17.8 Å². The number of hydrogen-bond acceptors (Lipinski definition) is 9. The molecule has 1 aliphatic rings. The van der Waals surface area contributed by atoms with Crippen LogP contribution in [0.2, 0.25) is 10.0 Å². The first-order chi connectivity index (χ1) is 23.1. The zero-order valence-corrected chi connectivity index (χ0v) is 29.1. The summed E-state index contributed by atoms with van der Waals surface area (Å²) in [6.07, 6.45) is 3.29. The summed E-state index contributed by atoms with van der Waals surface area (Å²) in [5.41, 5.74) is 2.63. The van der Waals surface area contributed by atoms with Crippen molar-refractivity contribution in [3.63, 3.8) is 0 Å². The number of pyridine rings is 1. The number of halogens is 2. The van der Waals surface area contributed by atoms with Crippen molar-refractivity contribution in [3.05, 3.63) is 114 Å². The summed E-state index contributed by atoms with van der Waals surface area (Å²) in [4.78, 5) is 29.1. The third-order valence-corrected chi connectivity index (χ3v) is 10.2. The summed E-state index contributed by atoms with van der Waals surface area (Å²) in [7, 11) is 5.06. The molecule has 0 radical (unpaired) electrons. The number of nitrogens with zero attached hydrogens (tertiary/aromatic N) is 2. The maximum Gasteiger partial charge on any atom is 0.346 e. The topological polar surface area (TPSA) is 124 Å². The number of likely N-dealkylation sites (tertiary alicyclic amines) is 1. The van der Waals surface area contributed by atoms with Gasteiger partial charge in [0.25, 0.3) is 0 Å². The van der Waals surface area contributed by atoms with Crippen LogP contribution in [0.4, 0.5) is 0 Å². The molecule has 0 spiro atoms. The number of esters is 1. The maximum absolute atomic E-state index is 13.4. The lowest BCUT2D eigenvalue weighted by molar-refractivity contribution is -0.605. The van der Waals surface area contributed by atoms with Gasteiger partial charge in [0, 0.05) is 42.5 Å². The van der Waals surface area contributed by atoms with E-state index in [-0.39, 0.29) is 33.4 Å². The average Bonchev–Trinajstić information content (AvgIpc) is 3.68. The SMILES string of the molecule is COc1ccc([C@H](Cc2c(Cl)c[n+]([O-])cc2Cl)c2cc(CNCC(C(=O)O[C@@H]3CCN(C)C3)c3ccccc3)sc2C(=O)O)cc1OC. The lowest BCUT2D eigenvalue weighted by Gasteiger charge is -2.21. The Labute approximate surface area is 293 Å². The van der Waals surface area contributed by atoms with Crippen LogP contribution in [0.3, 0.4) is 0 Å². The van der Waals surface area contributed by atoms with Gasteiger partial charge in [-0.2, -0.15) is 4.73 Å². The number of benzene rings is 2. The summed E-state index contributed by atoms with van der Waals surface area (Å²) >= 11 is 14.1. The number of carbonyl (C=O) groups excluding carboxylic acids is 1. The van der Waals surface area contributed by atoms with Crippen LogP contribution >= 0.6 is 34.5 Å². The van der Waals surface area contributed by atoms with Crippen LogP contribution in [0.1, 0.15) is 55.1 Å². The van der Waals surface area contributed by atoms with Gasteiger partial charge in [0.1, 0.15) is 21.0 Å². The Morgan fingerprint density at radius 2 is 1.77 bits per heavy atom. The second kappa shape index (κ2) is 16.0. The highest BCUT2D eigenvalue weighted by molar-refractivity contribution is 7.14. The third kappa shape index (κ3) is 8.40. The summed E-state index contributed by atoms with van der Waals surface area (Å²) in [5, 5.41) is 26.0. The minimum Gasteiger partial charge on any atom is -0.619 e. The Bertz CT molecular complexity index is 1730. The largest absolute Gasteiger partial charge is 0.619 e. The summed E-state index contributed by atoms with van der Waals surface area (Å²) in [5.74, 6) is -1.46. The van der Waals surface area contributed by atoms with Crippen LogP contribution in [0.15, 0.2) is 67.0 Å². The maximum atomic E-state index is 13.4. The lowest BCUT2D eigenvalue weighted by Crippen LogP contribution is -2.31. The zero-order chi connectivity index (χ0) is 34.4. The van der Waals surface area contributed by atoms with Gasteiger partial charge in [-0.15, -0.1) is 11.3 Å². The van der Waals surface area contributed by atoms with Crippen LogP contribution in [0.5, 0.6) is 11.5 Å². The normalized spacial score (nSPS) is 16.0. The van der Waals surface area contributed by atoms with Crippen molar-refractivity contribution < 1.29 is 33.6 Å². The number of aromatic carboxylic acids is 1. The summed E-state index contributed by atoms with van der Waals surface area (Å²) in [6, 6.07) is 16.7. The molecule has 1 unspecified atom stereocenters. The van der Waals surface area contributed by atoms with E-state index in [0.717, 1.165) is 40.3 Å².